The maximum absolute atomic E-state index is 11.6. The van der Waals surface area contributed by atoms with E-state index in [2.05, 4.69) is 29.7 Å². The summed E-state index contributed by atoms with van der Waals surface area (Å²) in [5.41, 5.74) is 2.48. The molecule has 1 saturated heterocycles. The lowest BCUT2D eigenvalue weighted by molar-refractivity contribution is -0.120. The fourth-order valence-corrected chi connectivity index (χ4v) is 2.21. The standard InChI is InChI=1S/C15H22N2O2/c1-12-5-2-3-6-13(12)9-16-11-15(18)17-10-14-7-4-8-19-14/h2-3,5-6,14,16H,4,7-11H2,1H3,(H,17,18). The van der Waals surface area contributed by atoms with E-state index in [4.69, 9.17) is 4.74 Å². The first-order valence-electron chi connectivity index (χ1n) is 6.89. The molecule has 1 aliphatic heterocycles. The zero-order valence-electron chi connectivity index (χ0n) is 11.4. The number of rotatable bonds is 6. The second-order valence-electron chi connectivity index (χ2n) is 4.97. The summed E-state index contributed by atoms with van der Waals surface area (Å²) in [4.78, 5) is 11.6. The van der Waals surface area contributed by atoms with Crippen molar-refractivity contribution in [2.24, 2.45) is 0 Å². The Balaban J connectivity index is 1.62. The van der Waals surface area contributed by atoms with E-state index in [0.717, 1.165) is 26.0 Å². The van der Waals surface area contributed by atoms with Gasteiger partial charge in [0.15, 0.2) is 0 Å². The van der Waals surface area contributed by atoms with Crippen molar-refractivity contribution in [2.75, 3.05) is 19.7 Å². The zero-order valence-corrected chi connectivity index (χ0v) is 11.4. The predicted molar refractivity (Wildman–Crippen MR) is 74.9 cm³/mol. The van der Waals surface area contributed by atoms with E-state index in [1.165, 1.54) is 11.1 Å². The van der Waals surface area contributed by atoms with Gasteiger partial charge < -0.3 is 15.4 Å². The molecule has 1 fully saturated rings. The van der Waals surface area contributed by atoms with Crippen LogP contribution in [-0.2, 0) is 16.1 Å². The summed E-state index contributed by atoms with van der Waals surface area (Å²) in [6.45, 7) is 4.60. The van der Waals surface area contributed by atoms with E-state index in [1.54, 1.807) is 0 Å². The van der Waals surface area contributed by atoms with Crippen molar-refractivity contribution in [1.29, 1.82) is 0 Å². The molecule has 0 aliphatic carbocycles. The number of ether oxygens (including phenoxy) is 1. The van der Waals surface area contributed by atoms with Gasteiger partial charge in [-0.3, -0.25) is 4.79 Å². The van der Waals surface area contributed by atoms with Crippen LogP contribution in [0.1, 0.15) is 24.0 Å². The molecule has 0 saturated carbocycles. The van der Waals surface area contributed by atoms with E-state index < -0.39 is 0 Å². The fraction of sp³-hybridized carbons (Fsp3) is 0.533. The van der Waals surface area contributed by atoms with Gasteiger partial charge in [-0.25, -0.2) is 0 Å². The van der Waals surface area contributed by atoms with Crippen molar-refractivity contribution in [3.8, 4) is 0 Å². The Labute approximate surface area is 114 Å². The minimum absolute atomic E-state index is 0.0316. The second kappa shape index (κ2) is 7.26. The summed E-state index contributed by atoms with van der Waals surface area (Å²) in [5.74, 6) is 0.0316. The molecule has 1 unspecified atom stereocenters. The van der Waals surface area contributed by atoms with E-state index in [-0.39, 0.29) is 12.0 Å². The highest BCUT2D eigenvalue weighted by molar-refractivity contribution is 5.78. The summed E-state index contributed by atoms with van der Waals surface area (Å²) in [5, 5.41) is 6.06. The molecule has 0 aromatic heterocycles. The molecule has 104 valence electrons. The van der Waals surface area contributed by atoms with Crippen LogP contribution >= 0.6 is 0 Å². The van der Waals surface area contributed by atoms with Gasteiger partial charge in [-0.2, -0.15) is 0 Å². The molecule has 4 heteroatoms. The van der Waals surface area contributed by atoms with Gasteiger partial charge in [-0.15, -0.1) is 0 Å². The highest BCUT2D eigenvalue weighted by Crippen LogP contribution is 2.10. The van der Waals surface area contributed by atoms with Crippen LogP contribution in [0.2, 0.25) is 0 Å². The van der Waals surface area contributed by atoms with Crippen LogP contribution in [0.5, 0.6) is 0 Å². The largest absolute Gasteiger partial charge is 0.376 e. The fourth-order valence-electron chi connectivity index (χ4n) is 2.21. The molecule has 0 spiro atoms. The summed E-state index contributed by atoms with van der Waals surface area (Å²) < 4.78 is 5.46. The monoisotopic (exact) mass is 262 g/mol. The molecule has 0 bridgehead atoms. The molecule has 1 aliphatic rings. The molecule has 0 radical (unpaired) electrons. The Hall–Kier alpha value is -1.39. The van der Waals surface area contributed by atoms with E-state index in [1.807, 2.05) is 12.1 Å². The van der Waals surface area contributed by atoms with Crippen LogP contribution in [0.25, 0.3) is 0 Å². The van der Waals surface area contributed by atoms with Crippen LogP contribution in [0.4, 0.5) is 0 Å². The van der Waals surface area contributed by atoms with Gasteiger partial charge >= 0.3 is 0 Å². The predicted octanol–water partition coefficient (Wildman–Crippen LogP) is 1.38. The van der Waals surface area contributed by atoms with Crippen molar-refractivity contribution < 1.29 is 9.53 Å². The SMILES string of the molecule is Cc1ccccc1CNCC(=O)NCC1CCCO1. The minimum Gasteiger partial charge on any atom is -0.376 e. The van der Waals surface area contributed by atoms with Crippen molar-refractivity contribution in [2.45, 2.75) is 32.4 Å². The number of nitrogens with one attached hydrogen (secondary N) is 2. The molecule has 2 rings (SSSR count). The number of amides is 1. The van der Waals surface area contributed by atoms with Gasteiger partial charge in [-0.1, -0.05) is 24.3 Å². The van der Waals surface area contributed by atoms with Gasteiger partial charge in [0.05, 0.1) is 12.6 Å². The van der Waals surface area contributed by atoms with Gasteiger partial charge in [0.2, 0.25) is 5.91 Å². The van der Waals surface area contributed by atoms with E-state index in [0.29, 0.717) is 13.1 Å². The lowest BCUT2D eigenvalue weighted by atomic mass is 10.1. The molecule has 4 nitrogen and oxygen atoms in total. The van der Waals surface area contributed by atoms with Crippen molar-refractivity contribution in [3.05, 3.63) is 35.4 Å². The smallest absolute Gasteiger partial charge is 0.234 e. The van der Waals surface area contributed by atoms with Crippen LogP contribution in [-0.4, -0.2) is 31.7 Å². The van der Waals surface area contributed by atoms with Crippen LogP contribution in [0, 0.1) is 6.92 Å². The van der Waals surface area contributed by atoms with Gasteiger partial charge in [-0.05, 0) is 30.9 Å². The maximum Gasteiger partial charge on any atom is 0.234 e. The zero-order chi connectivity index (χ0) is 13.5. The quantitative estimate of drug-likeness (QED) is 0.814. The Morgan fingerprint density at radius 3 is 3.00 bits per heavy atom. The summed E-state index contributed by atoms with van der Waals surface area (Å²) in [6.07, 6.45) is 2.36. The normalized spacial score (nSPS) is 18.5. The molecule has 1 atom stereocenters. The minimum atomic E-state index is 0.0316. The third-order valence-electron chi connectivity index (χ3n) is 3.41. The first kappa shape index (κ1) is 14.0. The number of hydrogen-bond donors (Lipinski definition) is 2. The number of carbonyl (C=O) groups excluding carboxylic acids is 1. The number of carbonyl (C=O) groups is 1. The highest BCUT2D eigenvalue weighted by Gasteiger charge is 2.15. The third-order valence-corrected chi connectivity index (χ3v) is 3.41. The van der Waals surface area contributed by atoms with Crippen molar-refractivity contribution in [3.63, 3.8) is 0 Å². The third kappa shape index (κ3) is 4.65. The summed E-state index contributed by atoms with van der Waals surface area (Å²) >= 11 is 0. The maximum atomic E-state index is 11.6. The van der Waals surface area contributed by atoms with Gasteiger partial charge in [0.1, 0.15) is 0 Å². The van der Waals surface area contributed by atoms with E-state index >= 15 is 0 Å². The molecule has 1 aromatic rings. The molecular formula is C15H22N2O2. The molecule has 1 aromatic carbocycles. The highest BCUT2D eigenvalue weighted by atomic mass is 16.5. The van der Waals surface area contributed by atoms with Gasteiger partial charge in [0.25, 0.3) is 0 Å². The molecular weight excluding hydrogens is 240 g/mol. The van der Waals surface area contributed by atoms with E-state index in [9.17, 15) is 4.79 Å². The van der Waals surface area contributed by atoms with Crippen LogP contribution in [0.3, 0.4) is 0 Å². The second-order valence-corrected chi connectivity index (χ2v) is 4.97. The Bertz CT molecular complexity index is 414. The summed E-state index contributed by atoms with van der Waals surface area (Å²) in [6, 6.07) is 8.19. The van der Waals surface area contributed by atoms with Crippen molar-refractivity contribution >= 4 is 5.91 Å². The van der Waals surface area contributed by atoms with Crippen molar-refractivity contribution in [1.82, 2.24) is 10.6 Å². The lowest BCUT2D eigenvalue weighted by Crippen LogP contribution is -2.37. The number of hydrogen-bond acceptors (Lipinski definition) is 3. The Morgan fingerprint density at radius 1 is 1.42 bits per heavy atom. The first-order chi connectivity index (χ1) is 9.25. The average Bonchev–Trinajstić information content (AvgIpc) is 2.92. The molecule has 2 N–H and O–H groups in total. The Kier molecular flexibility index (Phi) is 5.36. The first-order valence-corrected chi connectivity index (χ1v) is 6.89. The number of aryl methyl sites for hydroxylation is 1. The van der Waals surface area contributed by atoms with Crippen LogP contribution < -0.4 is 10.6 Å². The lowest BCUT2D eigenvalue weighted by Gasteiger charge is -2.11. The molecule has 1 heterocycles. The Morgan fingerprint density at radius 2 is 2.26 bits per heavy atom. The topological polar surface area (TPSA) is 50.4 Å². The van der Waals surface area contributed by atoms with Gasteiger partial charge in [0, 0.05) is 19.7 Å². The summed E-state index contributed by atoms with van der Waals surface area (Å²) in [7, 11) is 0. The van der Waals surface area contributed by atoms with Crippen LogP contribution in [0.15, 0.2) is 24.3 Å². The molecule has 19 heavy (non-hydrogen) atoms. The average molecular weight is 262 g/mol. The molecule has 1 amide bonds. The number of benzene rings is 1.